The van der Waals surface area contributed by atoms with Crippen LogP contribution in [0.15, 0.2) is 140 Å². The third-order valence-corrected chi connectivity index (χ3v) is 7.84. The van der Waals surface area contributed by atoms with E-state index in [1.807, 2.05) is 0 Å². The van der Waals surface area contributed by atoms with Gasteiger partial charge in [-0.1, -0.05) is 72.8 Å². The van der Waals surface area contributed by atoms with Crippen LogP contribution in [0.1, 0.15) is 0 Å². The summed E-state index contributed by atoms with van der Waals surface area (Å²) < 4.78 is 0. The predicted molar refractivity (Wildman–Crippen MR) is 138 cm³/mol. The summed E-state index contributed by atoms with van der Waals surface area (Å²) in [6.07, 6.45) is 0. The number of hydrogen-bond donors (Lipinski definition) is 0. The van der Waals surface area contributed by atoms with Crippen molar-refractivity contribution in [2.75, 3.05) is 0 Å². The Bertz CT molecular complexity index is 1290. The van der Waals surface area contributed by atoms with Gasteiger partial charge in [0.15, 0.2) is 0 Å². The van der Waals surface area contributed by atoms with Crippen molar-refractivity contribution in [2.24, 2.45) is 0 Å². The van der Waals surface area contributed by atoms with Crippen molar-refractivity contribution in [1.29, 1.82) is 0 Å². The first-order valence-corrected chi connectivity index (χ1v) is 11.9. The van der Waals surface area contributed by atoms with Crippen LogP contribution in [-0.4, -0.2) is 0 Å². The van der Waals surface area contributed by atoms with Crippen LogP contribution in [0.3, 0.4) is 0 Å². The summed E-state index contributed by atoms with van der Waals surface area (Å²) in [5.41, 5.74) is 0. The quantitative estimate of drug-likeness (QED) is 0.230. The van der Waals surface area contributed by atoms with E-state index in [1.165, 1.54) is 37.5 Å². The standard InChI is InChI=1S/C21H16P.C9H7.2FH.Zr/c1-3-11-19(12-4-1)22(20-13-5-2-6-14-20)21-15-17-9-7-8-10-18(17)16-21;1-2-5-9-7-3-6-8(9)4-1;;;/h1-16H;1-7H;2*1H;/q2*-1;;;+4/p-2. The van der Waals surface area contributed by atoms with Gasteiger partial charge in [0.25, 0.3) is 0 Å². The molecule has 6 aromatic rings. The van der Waals surface area contributed by atoms with Gasteiger partial charge >= 0.3 is 26.2 Å². The zero-order valence-corrected chi connectivity index (χ0v) is 21.8. The van der Waals surface area contributed by atoms with E-state index in [4.69, 9.17) is 0 Å². The number of hydrogen-bond acceptors (Lipinski definition) is 0. The molecule has 0 aliphatic carbocycles. The Morgan fingerprint density at radius 1 is 0.500 bits per heavy atom. The number of fused-ring (bicyclic) bond motifs is 2. The second-order valence-corrected chi connectivity index (χ2v) is 9.72. The molecule has 0 heterocycles. The average molecular weight is 544 g/mol. The summed E-state index contributed by atoms with van der Waals surface area (Å²) >= 11 is 0. The van der Waals surface area contributed by atoms with Crippen molar-refractivity contribution < 1.29 is 35.6 Å². The largest absolute Gasteiger partial charge is 4.00 e. The predicted octanol–water partition coefficient (Wildman–Crippen LogP) is 0.881. The van der Waals surface area contributed by atoms with Crippen LogP contribution in [0.4, 0.5) is 0 Å². The van der Waals surface area contributed by atoms with Crippen LogP contribution >= 0.6 is 7.92 Å². The summed E-state index contributed by atoms with van der Waals surface area (Å²) in [7, 11) is -0.493. The molecule has 0 saturated carbocycles. The third kappa shape index (κ3) is 6.23. The van der Waals surface area contributed by atoms with Crippen LogP contribution in [0, 0.1) is 0 Å². The van der Waals surface area contributed by atoms with Gasteiger partial charge in [0.2, 0.25) is 0 Å². The van der Waals surface area contributed by atoms with E-state index in [0.717, 1.165) is 0 Å². The van der Waals surface area contributed by atoms with Crippen LogP contribution in [0.2, 0.25) is 0 Å². The van der Waals surface area contributed by atoms with Crippen LogP contribution in [0.5, 0.6) is 0 Å². The van der Waals surface area contributed by atoms with Crippen molar-refractivity contribution in [3.8, 4) is 0 Å². The van der Waals surface area contributed by atoms with Crippen LogP contribution in [0.25, 0.3) is 21.5 Å². The molecule has 0 N–H and O–H groups in total. The van der Waals surface area contributed by atoms with Gasteiger partial charge in [-0.05, 0) is 18.5 Å². The van der Waals surface area contributed by atoms with E-state index in [1.54, 1.807) is 0 Å². The monoisotopic (exact) mass is 542 g/mol. The van der Waals surface area contributed by atoms with Crippen molar-refractivity contribution in [3.63, 3.8) is 0 Å². The fourth-order valence-electron chi connectivity index (χ4n) is 3.93. The topological polar surface area (TPSA) is 0 Å². The fourth-order valence-corrected chi connectivity index (χ4v) is 6.31. The molecule has 0 unspecified atom stereocenters. The minimum atomic E-state index is -0.493. The first kappa shape index (κ1) is 27.5. The Hall–Kier alpha value is -2.73. The molecule has 0 atom stereocenters. The maximum Gasteiger partial charge on any atom is 4.00 e. The van der Waals surface area contributed by atoms with Gasteiger partial charge in [-0.2, -0.15) is 23.6 Å². The minimum absolute atomic E-state index is 0. The molecule has 0 aliphatic heterocycles. The van der Waals surface area contributed by atoms with Gasteiger partial charge in [0, 0.05) is 0 Å². The van der Waals surface area contributed by atoms with Crippen molar-refractivity contribution >= 4 is 45.4 Å². The van der Waals surface area contributed by atoms with E-state index in [9.17, 15) is 0 Å². The Morgan fingerprint density at radius 2 is 1.00 bits per heavy atom. The molecule has 0 radical (unpaired) electrons. The van der Waals surface area contributed by atoms with E-state index in [2.05, 4.69) is 140 Å². The SMILES string of the molecule is [F-].[F-].[Zr+4].c1ccc(P(c2ccccc2)c2cc3ccccc3[cH-]2)cc1.c1ccc2[cH-]ccc2c1. The molecule has 0 spiro atoms. The maximum absolute atomic E-state index is 2.35. The number of benzene rings is 4. The van der Waals surface area contributed by atoms with Crippen molar-refractivity contribution in [1.82, 2.24) is 0 Å². The minimum Gasteiger partial charge on any atom is -1.00 e. The van der Waals surface area contributed by atoms with Crippen LogP contribution in [-0.2, 0) is 26.2 Å². The Labute approximate surface area is 219 Å². The second kappa shape index (κ2) is 13.2. The second-order valence-electron chi connectivity index (χ2n) is 7.50. The molecule has 0 aliphatic rings. The third-order valence-electron chi connectivity index (χ3n) is 5.44. The molecule has 166 valence electrons. The van der Waals surface area contributed by atoms with E-state index < -0.39 is 7.92 Å². The summed E-state index contributed by atoms with van der Waals surface area (Å²) in [6.45, 7) is 0. The normalized spacial score (nSPS) is 9.91. The molecule has 6 rings (SSSR count). The first-order valence-electron chi connectivity index (χ1n) is 10.5. The van der Waals surface area contributed by atoms with Gasteiger partial charge in [0.1, 0.15) is 0 Å². The van der Waals surface area contributed by atoms with Gasteiger partial charge in [-0.3, -0.25) is 0 Å². The molecule has 0 nitrogen and oxygen atoms in total. The van der Waals surface area contributed by atoms with Gasteiger partial charge in [0.05, 0.1) is 0 Å². The van der Waals surface area contributed by atoms with E-state index >= 15 is 0 Å². The fraction of sp³-hybridized carbons (Fsp3) is 0. The zero-order valence-electron chi connectivity index (χ0n) is 18.5. The summed E-state index contributed by atoms with van der Waals surface area (Å²) in [6, 6.07) is 49.7. The molecule has 0 fully saturated rings. The Morgan fingerprint density at radius 3 is 1.56 bits per heavy atom. The van der Waals surface area contributed by atoms with E-state index in [0.29, 0.717) is 0 Å². The molecule has 6 aromatic carbocycles. The van der Waals surface area contributed by atoms with Gasteiger partial charge in [-0.25, -0.2) is 0 Å². The Balaban J connectivity index is 0.000000290. The van der Waals surface area contributed by atoms with Gasteiger partial charge < -0.3 is 9.41 Å². The molecule has 34 heavy (non-hydrogen) atoms. The van der Waals surface area contributed by atoms with E-state index in [-0.39, 0.29) is 35.6 Å². The van der Waals surface area contributed by atoms with Gasteiger partial charge in [-0.15, -0.1) is 70.0 Å². The van der Waals surface area contributed by atoms with Crippen molar-refractivity contribution in [3.05, 3.63) is 140 Å². The number of halogens is 2. The van der Waals surface area contributed by atoms with Crippen LogP contribution < -0.4 is 25.3 Å². The Kier molecular flexibility index (Phi) is 10.7. The molecule has 4 heteroatoms. The molecule has 0 aromatic heterocycles. The number of rotatable bonds is 3. The zero-order chi connectivity index (χ0) is 20.9. The molecule has 0 amide bonds. The first-order chi connectivity index (χ1) is 15.4. The molecule has 0 bridgehead atoms. The summed E-state index contributed by atoms with van der Waals surface area (Å²) in [4.78, 5) is 0. The molecule has 0 saturated heterocycles. The smallest absolute Gasteiger partial charge is 1.00 e. The molecular weight excluding hydrogens is 521 g/mol. The summed E-state index contributed by atoms with van der Waals surface area (Å²) in [5, 5.41) is 9.55. The average Bonchev–Trinajstić information content (AvgIpc) is 3.48. The molecular formula is C30H23F2PZr. The maximum atomic E-state index is 2.35. The van der Waals surface area contributed by atoms with Crippen molar-refractivity contribution in [2.45, 2.75) is 0 Å². The summed E-state index contributed by atoms with van der Waals surface area (Å²) in [5.74, 6) is 0.